The van der Waals surface area contributed by atoms with Gasteiger partial charge in [-0.3, -0.25) is 9.78 Å². The Morgan fingerprint density at radius 1 is 1.50 bits per heavy atom. The summed E-state index contributed by atoms with van der Waals surface area (Å²) in [5.41, 5.74) is 6.35. The van der Waals surface area contributed by atoms with Crippen molar-refractivity contribution in [2.75, 3.05) is 13.1 Å². The number of pyridine rings is 1. The van der Waals surface area contributed by atoms with Crippen molar-refractivity contribution >= 4 is 11.7 Å². The second kappa shape index (κ2) is 6.36. The molecule has 108 valence electrons. The van der Waals surface area contributed by atoms with Crippen LogP contribution in [0.3, 0.4) is 0 Å². The van der Waals surface area contributed by atoms with Gasteiger partial charge < -0.3 is 15.8 Å². The number of rotatable bonds is 3. The second-order valence-electron chi connectivity index (χ2n) is 5.06. The molecule has 0 saturated carbocycles. The van der Waals surface area contributed by atoms with Gasteiger partial charge in [-0.2, -0.15) is 0 Å². The third-order valence-corrected chi connectivity index (χ3v) is 3.87. The molecule has 0 atom stereocenters. The number of nitrogens with two attached hydrogens (primary N) is 1. The van der Waals surface area contributed by atoms with E-state index in [9.17, 15) is 4.79 Å². The van der Waals surface area contributed by atoms with Crippen molar-refractivity contribution in [3.8, 4) is 0 Å². The average Bonchev–Trinajstić information content (AvgIpc) is 2.53. The Morgan fingerprint density at radius 2 is 2.20 bits per heavy atom. The van der Waals surface area contributed by atoms with E-state index in [1.807, 2.05) is 4.90 Å². The third kappa shape index (κ3) is 3.07. The number of amidine groups is 1. The van der Waals surface area contributed by atoms with Gasteiger partial charge in [0.05, 0.1) is 0 Å². The van der Waals surface area contributed by atoms with E-state index in [2.05, 4.69) is 17.1 Å². The van der Waals surface area contributed by atoms with Crippen LogP contribution in [0.25, 0.3) is 0 Å². The molecular formula is C14H20N4O2. The maximum atomic E-state index is 12.3. The first kappa shape index (κ1) is 14.3. The zero-order chi connectivity index (χ0) is 14.5. The number of likely N-dealkylation sites (tertiary alicyclic amines) is 1. The summed E-state index contributed by atoms with van der Waals surface area (Å²) in [4.78, 5) is 18.2. The highest BCUT2D eigenvalue weighted by atomic mass is 16.4. The molecule has 1 aromatic heterocycles. The van der Waals surface area contributed by atoms with Crippen LogP contribution in [0.2, 0.25) is 0 Å². The first-order valence-electron chi connectivity index (χ1n) is 6.89. The Balaban J connectivity index is 2.03. The summed E-state index contributed by atoms with van der Waals surface area (Å²) in [6.07, 6.45) is 4.74. The molecule has 3 N–H and O–H groups in total. The van der Waals surface area contributed by atoms with Crippen LogP contribution < -0.4 is 5.73 Å². The van der Waals surface area contributed by atoms with E-state index in [-0.39, 0.29) is 11.7 Å². The van der Waals surface area contributed by atoms with Crippen molar-refractivity contribution < 1.29 is 10.0 Å². The normalized spacial score (nSPS) is 17.2. The number of oxime groups is 1. The molecule has 1 fully saturated rings. The summed E-state index contributed by atoms with van der Waals surface area (Å²) in [5.74, 6) is 0.667. The minimum absolute atomic E-state index is 0.0136. The number of hydrogen-bond acceptors (Lipinski definition) is 4. The zero-order valence-electron chi connectivity index (χ0n) is 11.6. The molecule has 1 amide bonds. The Labute approximate surface area is 118 Å². The van der Waals surface area contributed by atoms with E-state index >= 15 is 0 Å². The van der Waals surface area contributed by atoms with Crippen LogP contribution in [0.5, 0.6) is 0 Å². The molecule has 1 aliphatic rings. The molecule has 0 unspecified atom stereocenters. The van der Waals surface area contributed by atoms with Crippen molar-refractivity contribution in [2.45, 2.75) is 26.2 Å². The summed E-state index contributed by atoms with van der Waals surface area (Å²) in [7, 11) is 0. The molecule has 6 heteroatoms. The Morgan fingerprint density at radius 3 is 2.70 bits per heavy atom. The van der Waals surface area contributed by atoms with Crippen molar-refractivity contribution in [3.63, 3.8) is 0 Å². The first-order chi connectivity index (χ1) is 9.65. The predicted molar refractivity (Wildman–Crippen MR) is 75.7 cm³/mol. The second-order valence-corrected chi connectivity index (χ2v) is 5.06. The maximum absolute atomic E-state index is 12.3. The fourth-order valence-electron chi connectivity index (χ4n) is 2.44. The quantitative estimate of drug-likeness (QED) is 0.378. The van der Waals surface area contributed by atoms with E-state index in [4.69, 9.17) is 10.9 Å². The monoisotopic (exact) mass is 276 g/mol. The maximum Gasteiger partial charge on any atom is 0.272 e. The average molecular weight is 276 g/mol. The number of carbonyl (C=O) groups is 1. The van der Waals surface area contributed by atoms with E-state index < -0.39 is 0 Å². The summed E-state index contributed by atoms with van der Waals surface area (Å²) in [6.45, 7) is 3.78. The lowest BCUT2D eigenvalue weighted by atomic mass is 9.94. The van der Waals surface area contributed by atoms with Crippen molar-refractivity contribution in [3.05, 3.63) is 29.6 Å². The van der Waals surface area contributed by atoms with Crippen molar-refractivity contribution in [1.29, 1.82) is 0 Å². The highest BCUT2D eigenvalue weighted by Gasteiger charge is 2.23. The molecule has 6 nitrogen and oxygen atoms in total. The number of aromatic nitrogens is 1. The van der Waals surface area contributed by atoms with Gasteiger partial charge in [-0.15, -0.1) is 0 Å². The zero-order valence-corrected chi connectivity index (χ0v) is 11.6. The number of nitrogens with zero attached hydrogens (tertiary/aromatic N) is 3. The summed E-state index contributed by atoms with van der Waals surface area (Å²) in [5, 5.41) is 11.5. The first-order valence-corrected chi connectivity index (χ1v) is 6.89. The third-order valence-electron chi connectivity index (χ3n) is 3.87. The lowest BCUT2D eigenvalue weighted by Gasteiger charge is -2.31. The predicted octanol–water partition coefficient (Wildman–Crippen LogP) is 1.44. The van der Waals surface area contributed by atoms with Gasteiger partial charge in [0, 0.05) is 24.8 Å². The molecule has 2 rings (SSSR count). The minimum Gasteiger partial charge on any atom is -0.409 e. The standard InChI is InChI=1S/C14H20N4O2/c1-2-10-5-7-18(8-6-10)14(19)12-4-3-11(9-16-12)13(15)17-20/h3-4,9-10,20H,2,5-8H2,1H3,(H2,15,17). The van der Waals surface area contributed by atoms with Crippen LogP contribution in [-0.2, 0) is 0 Å². The van der Waals surface area contributed by atoms with Crippen LogP contribution in [0.4, 0.5) is 0 Å². The minimum atomic E-state index is -0.0504. The van der Waals surface area contributed by atoms with Gasteiger partial charge >= 0.3 is 0 Å². The summed E-state index contributed by atoms with van der Waals surface area (Å²) < 4.78 is 0. The van der Waals surface area contributed by atoms with Crippen LogP contribution in [0.1, 0.15) is 42.2 Å². The van der Waals surface area contributed by atoms with Gasteiger partial charge in [0.2, 0.25) is 0 Å². The molecule has 1 saturated heterocycles. The Kier molecular flexibility index (Phi) is 4.55. The lowest BCUT2D eigenvalue weighted by Crippen LogP contribution is -2.38. The number of carbonyl (C=O) groups excluding carboxylic acids is 1. The van der Waals surface area contributed by atoms with E-state index in [0.717, 1.165) is 31.8 Å². The van der Waals surface area contributed by atoms with Crippen molar-refractivity contribution in [1.82, 2.24) is 9.88 Å². The fraction of sp³-hybridized carbons (Fsp3) is 0.500. The molecule has 0 radical (unpaired) electrons. The Bertz CT molecular complexity index is 490. The molecule has 2 heterocycles. The number of amides is 1. The topological polar surface area (TPSA) is 91.8 Å². The van der Waals surface area contributed by atoms with Gasteiger partial charge in [0.1, 0.15) is 5.69 Å². The number of piperidine rings is 1. The van der Waals surface area contributed by atoms with E-state index in [1.165, 1.54) is 12.6 Å². The highest BCUT2D eigenvalue weighted by Crippen LogP contribution is 2.21. The molecule has 0 aliphatic carbocycles. The smallest absolute Gasteiger partial charge is 0.272 e. The van der Waals surface area contributed by atoms with Crippen molar-refractivity contribution in [2.24, 2.45) is 16.8 Å². The molecule has 0 aromatic carbocycles. The van der Waals surface area contributed by atoms with E-state index in [1.54, 1.807) is 12.1 Å². The largest absolute Gasteiger partial charge is 0.409 e. The molecule has 0 spiro atoms. The summed E-state index contributed by atoms with van der Waals surface area (Å²) in [6, 6.07) is 3.25. The molecule has 0 bridgehead atoms. The van der Waals surface area contributed by atoms with Crippen LogP contribution >= 0.6 is 0 Å². The van der Waals surface area contributed by atoms with Gasteiger partial charge in [0.15, 0.2) is 5.84 Å². The fourth-order valence-corrected chi connectivity index (χ4v) is 2.44. The molecular weight excluding hydrogens is 256 g/mol. The van der Waals surface area contributed by atoms with Crippen LogP contribution in [0.15, 0.2) is 23.5 Å². The van der Waals surface area contributed by atoms with Gasteiger partial charge in [-0.1, -0.05) is 18.5 Å². The number of hydrogen-bond donors (Lipinski definition) is 2. The molecule has 1 aliphatic heterocycles. The molecule has 20 heavy (non-hydrogen) atoms. The van der Waals surface area contributed by atoms with Crippen LogP contribution in [0, 0.1) is 5.92 Å². The highest BCUT2D eigenvalue weighted by molar-refractivity contribution is 5.98. The van der Waals surface area contributed by atoms with Gasteiger partial charge in [-0.25, -0.2) is 0 Å². The van der Waals surface area contributed by atoms with Crippen LogP contribution in [-0.4, -0.2) is 39.9 Å². The van der Waals surface area contributed by atoms with Gasteiger partial charge in [-0.05, 0) is 30.9 Å². The molecule has 1 aromatic rings. The lowest BCUT2D eigenvalue weighted by molar-refractivity contribution is 0.0683. The van der Waals surface area contributed by atoms with E-state index in [0.29, 0.717) is 11.3 Å². The summed E-state index contributed by atoms with van der Waals surface area (Å²) >= 11 is 0. The SMILES string of the molecule is CCC1CCN(C(=O)c2ccc(C(N)=NO)cn2)CC1. The Hall–Kier alpha value is -2.11. The van der Waals surface area contributed by atoms with Gasteiger partial charge in [0.25, 0.3) is 5.91 Å².